The van der Waals surface area contributed by atoms with Gasteiger partial charge in [-0.3, -0.25) is 4.79 Å². The molecule has 0 bridgehead atoms. The number of nitrogens with zero attached hydrogens (tertiary/aromatic N) is 2. The Kier molecular flexibility index (Phi) is 7.52. The molecular weight excluding hydrogens is 479 g/mol. The lowest BCUT2D eigenvalue weighted by atomic mass is 10.0. The van der Waals surface area contributed by atoms with E-state index in [2.05, 4.69) is 5.16 Å². The van der Waals surface area contributed by atoms with Crippen LogP contribution >= 0.6 is 0 Å². The molecule has 1 aromatic heterocycles. The van der Waals surface area contributed by atoms with E-state index in [0.717, 1.165) is 16.0 Å². The van der Waals surface area contributed by atoms with Crippen LogP contribution in [0.15, 0.2) is 71.3 Å². The lowest BCUT2D eigenvalue weighted by molar-refractivity contribution is -0.136. The molecule has 0 radical (unpaired) electrons. The van der Waals surface area contributed by atoms with Crippen LogP contribution in [0.5, 0.6) is 5.75 Å². The molecule has 9 heteroatoms. The van der Waals surface area contributed by atoms with Gasteiger partial charge < -0.3 is 19.1 Å². The quantitative estimate of drug-likeness (QED) is 0.297. The van der Waals surface area contributed by atoms with E-state index in [1.165, 1.54) is 19.2 Å². The Morgan fingerprint density at radius 2 is 1.62 bits per heavy atom. The van der Waals surface area contributed by atoms with Gasteiger partial charge in [-0.1, -0.05) is 53.7 Å². The van der Waals surface area contributed by atoms with E-state index in [1.807, 2.05) is 36.4 Å². The topological polar surface area (TPSA) is 102 Å². The number of hydrogen-bond donors (Lipinski definition) is 1. The van der Waals surface area contributed by atoms with Crippen LogP contribution in [0.3, 0.4) is 0 Å². The molecule has 190 valence electrons. The summed E-state index contributed by atoms with van der Waals surface area (Å²) in [6, 6.07) is 18.8. The summed E-state index contributed by atoms with van der Waals surface area (Å²) in [7, 11) is 1.42. The van der Waals surface area contributed by atoms with E-state index in [-0.39, 0.29) is 24.4 Å². The number of benzene rings is 3. The van der Waals surface area contributed by atoms with Crippen molar-refractivity contribution in [2.75, 3.05) is 18.6 Å². The van der Waals surface area contributed by atoms with Crippen LogP contribution in [0.4, 0.5) is 20.6 Å². The molecule has 0 unspecified atom stereocenters. The van der Waals surface area contributed by atoms with Gasteiger partial charge in [-0.25, -0.2) is 14.1 Å². The molecule has 0 aliphatic rings. The fourth-order valence-corrected chi connectivity index (χ4v) is 3.92. The number of aromatic nitrogens is 1. The largest absolute Gasteiger partial charge is 0.497 e. The number of aryl methyl sites for hydroxylation is 1. The summed E-state index contributed by atoms with van der Waals surface area (Å²) in [5.74, 6) is -0.960. The van der Waals surface area contributed by atoms with Crippen LogP contribution in [0, 0.1) is 12.7 Å². The molecule has 0 aliphatic heterocycles. The van der Waals surface area contributed by atoms with Crippen molar-refractivity contribution in [3.05, 3.63) is 83.9 Å². The highest BCUT2D eigenvalue weighted by atomic mass is 19.1. The van der Waals surface area contributed by atoms with Crippen molar-refractivity contribution in [1.29, 1.82) is 0 Å². The number of halogens is 1. The van der Waals surface area contributed by atoms with Crippen molar-refractivity contribution >= 4 is 23.4 Å². The predicted molar refractivity (Wildman–Crippen MR) is 136 cm³/mol. The van der Waals surface area contributed by atoms with Gasteiger partial charge in [-0.2, -0.15) is 0 Å². The third-order valence-electron chi connectivity index (χ3n) is 5.70. The van der Waals surface area contributed by atoms with Crippen molar-refractivity contribution in [3.63, 3.8) is 0 Å². The van der Waals surface area contributed by atoms with Crippen molar-refractivity contribution < 1.29 is 33.1 Å². The Hall–Kier alpha value is -4.66. The highest BCUT2D eigenvalue weighted by Crippen LogP contribution is 2.40. The Morgan fingerprint density at radius 3 is 2.19 bits per heavy atom. The van der Waals surface area contributed by atoms with Crippen LogP contribution in [0.25, 0.3) is 22.4 Å². The second-order valence-electron chi connectivity index (χ2n) is 8.13. The number of rotatable bonds is 8. The first-order chi connectivity index (χ1) is 17.8. The van der Waals surface area contributed by atoms with Gasteiger partial charge in [0.25, 0.3) is 0 Å². The third kappa shape index (κ3) is 5.45. The molecule has 4 aromatic rings. The normalized spacial score (nSPS) is 10.7. The summed E-state index contributed by atoms with van der Waals surface area (Å²) in [4.78, 5) is 25.0. The zero-order valence-corrected chi connectivity index (χ0v) is 20.5. The Morgan fingerprint density at radius 1 is 1.00 bits per heavy atom. The number of anilines is 2. The smallest absolute Gasteiger partial charge is 0.419 e. The minimum absolute atomic E-state index is 0.0372. The minimum atomic E-state index is -0.887. The maximum atomic E-state index is 15.1. The van der Waals surface area contributed by atoms with Crippen LogP contribution in [-0.4, -0.2) is 36.0 Å². The second-order valence-corrected chi connectivity index (χ2v) is 8.13. The van der Waals surface area contributed by atoms with Crippen molar-refractivity contribution in [1.82, 2.24) is 5.16 Å². The summed E-state index contributed by atoms with van der Waals surface area (Å²) in [5.41, 5.74) is 3.71. The minimum Gasteiger partial charge on any atom is -0.497 e. The van der Waals surface area contributed by atoms with Gasteiger partial charge in [0, 0.05) is 11.6 Å². The van der Waals surface area contributed by atoms with Gasteiger partial charge in [0.1, 0.15) is 17.1 Å². The number of carbonyl (C=O) groups is 2. The van der Waals surface area contributed by atoms with Crippen LogP contribution in [0.1, 0.15) is 18.2 Å². The number of carboxylic acid groups (broad SMARTS) is 1. The number of carboxylic acids is 1. The zero-order valence-electron chi connectivity index (χ0n) is 20.5. The lowest BCUT2D eigenvalue weighted by Crippen LogP contribution is -2.28. The lowest BCUT2D eigenvalue weighted by Gasteiger charge is -2.23. The monoisotopic (exact) mass is 504 g/mol. The standard InChI is InChI=1S/C28H25FN2O6/c1-4-36-28(34)31(24-14-13-22(35-3)16-23(24)29)27-17(2)37-30-26(27)21-11-9-20(10-12-21)19-7-5-18(6-8-19)15-25(32)33/h5-14,16H,4,15H2,1-3H3,(H,32,33). The molecule has 0 saturated heterocycles. The van der Waals surface area contributed by atoms with Crippen LogP contribution < -0.4 is 9.64 Å². The number of methoxy groups -OCH3 is 1. The zero-order chi connectivity index (χ0) is 26.5. The number of amides is 1. The highest BCUT2D eigenvalue weighted by molar-refractivity contribution is 6.00. The van der Waals surface area contributed by atoms with Gasteiger partial charge in [-0.05, 0) is 42.7 Å². The van der Waals surface area contributed by atoms with E-state index < -0.39 is 17.9 Å². The maximum absolute atomic E-state index is 15.1. The SMILES string of the molecule is CCOC(=O)N(c1ccc(OC)cc1F)c1c(-c2ccc(-c3ccc(CC(=O)O)cc3)cc2)noc1C. The van der Waals surface area contributed by atoms with Gasteiger partial charge >= 0.3 is 12.1 Å². The first-order valence-electron chi connectivity index (χ1n) is 11.5. The fraction of sp³-hybridized carbons (Fsp3) is 0.179. The molecule has 0 aliphatic carbocycles. The van der Waals surface area contributed by atoms with Gasteiger partial charge in [0.15, 0.2) is 11.6 Å². The molecule has 4 rings (SSSR count). The predicted octanol–water partition coefficient (Wildman–Crippen LogP) is 6.39. The molecule has 3 aromatic carbocycles. The van der Waals surface area contributed by atoms with E-state index in [9.17, 15) is 9.59 Å². The van der Waals surface area contributed by atoms with Crippen molar-refractivity contribution in [3.8, 4) is 28.1 Å². The third-order valence-corrected chi connectivity index (χ3v) is 5.70. The fourth-order valence-electron chi connectivity index (χ4n) is 3.92. The van der Waals surface area contributed by atoms with Gasteiger partial charge in [0.05, 0.1) is 25.8 Å². The van der Waals surface area contributed by atoms with E-state index in [1.54, 1.807) is 32.0 Å². The summed E-state index contributed by atoms with van der Waals surface area (Å²) < 4.78 is 30.8. The van der Waals surface area contributed by atoms with E-state index in [0.29, 0.717) is 28.3 Å². The first-order valence-corrected chi connectivity index (χ1v) is 11.5. The molecule has 0 fully saturated rings. The maximum Gasteiger partial charge on any atom is 0.419 e. The summed E-state index contributed by atoms with van der Waals surface area (Å²) in [6.45, 7) is 3.38. The molecule has 0 saturated carbocycles. The molecule has 0 spiro atoms. The van der Waals surface area contributed by atoms with Crippen LogP contribution in [-0.2, 0) is 16.0 Å². The molecule has 0 atom stereocenters. The Balaban J connectivity index is 1.72. The first kappa shape index (κ1) is 25.4. The summed E-state index contributed by atoms with van der Waals surface area (Å²) >= 11 is 0. The summed E-state index contributed by atoms with van der Waals surface area (Å²) in [5, 5.41) is 13.1. The van der Waals surface area contributed by atoms with Gasteiger partial charge in [0.2, 0.25) is 0 Å². The summed E-state index contributed by atoms with van der Waals surface area (Å²) in [6.07, 6.45) is -0.823. The van der Waals surface area contributed by atoms with Crippen molar-refractivity contribution in [2.45, 2.75) is 20.3 Å². The van der Waals surface area contributed by atoms with Crippen molar-refractivity contribution in [2.24, 2.45) is 0 Å². The number of aliphatic carboxylic acids is 1. The van der Waals surface area contributed by atoms with E-state index in [4.69, 9.17) is 19.1 Å². The molecular formula is C28H25FN2O6. The molecule has 37 heavy (non-hydrogen) atoms. The van der Waals surface area contributed by atoms with Gasteiger partial charge in [-0.15, -0.1) is 0 Å². The number of hydrogen-bond acceptors (Lipinski definition) is 6. The number of carbonyl (C=O) groups excluding carboxylic acids is 1. The highest BCUT2D eigenvalue weighted by Gasteiger charge is 2.30. The molecule has 1 heterocycles. The van der Waals surface area contributed by atoms with E-state index >= 15 is 4.39 Å². The molecule has 1 amide bonds. The average molecular weight is 505 g/mol. The Labute approximate surface area is 212 Å². The molecule has 8 nitrogen and oxygen atoms in total. The number of ether oxygens (including phenoxy) is 2. The van der Waals surface area contributed by atoms with Crippen LogP contribution in [0.2, 0.25) is 0 Å². The molecule has 1 N–H and O–H groups in total. The second kappa shape index (κ2) is 10.9. The Bertz CT molecular complexity index is 1410. The average Bonchev–Trinajstić information content (AvgIpc) is 3.26.